The van der Waals surface area contributed by atoms with Gasteiger partial charge in [0, 0.05) is 5.39 Å². The highest BCUT2D eigenvalue weighted by molar-refractivity contribution is 6.04. The number of para-hydroxylation sites is 1. The zero-order chi connectivity index (χ0) is 16.1. The molecule has 0 aliphatic rings. The van der Waals surface area contributed by atoms with E-state index in [0.717, 1.165) is 33.4 Å². The molecule has 4 rings (SSSR count). The molecule has 0 amide bonds. The van der Waals surface area contributed by atoms with Crippen molar-refractivity contribution in [1.29, 1.82) is 0 Å². The minimum atomic E-state index is -0.0905. The van der Waals surface area contributed by atoms with Gasteiger partial charge in [-0.05, 0) is 38.5 Å². The fraction of sp³-hybridized carbons (Fsp3) is 0.158. The number of benzene rings is 2. The van der Waals surface area contributed by atoms with Crippen molar-refractivity contribution in [1.82, 2.24) is 14.8 Å². The molecule has 0 atom stereocenters. The molecule has 1 N–H and O–H groups in total. The summed E-state index contributed by atoms with van der Waals surface area (Å²) in [7, 11) is 0. The maximum atomic E-state index is 12.5. The van der Waals surface area contributed by atoms with Crippen LogP contribution in [0.5, 0.6) is 0 Å². The van der Waals surface area contributed by atoms with E-state index < -0.39 is 0 Å². The van der Waals surface area contributed by atoms with Gasteiger partial charge in [0.1, 0.15) is 0 Å². The second-order valence-electron chi connectivity index (χ2n) is 6.01. The van der Waals surface area contributed by atoms with Crippen LogP contribution in [0.2, 0.25) is 0 Å². The molecule has 0 aliphatic carbocycles. The van der Waals surface area contributed by atoms with Gasteiger partial charge >= 0.3 is 0 Å². The molecule has 4 aromatic rings. The Kier molecular flexibility index (Phi) is 2.88. The summed E-state index contributed by atoms with van der Waals surface area (Å²) in [5.74, 6) is 0. The van der Waals surface area contributed by atoms with Gasteiger partial charge in [-0.25, -0.2) is 4.68 Å². The second kappa shape index (κ2) is 4.81. The third-order valence-electron chi connectivity index (χ3n) is 4.30. The molecule has 0 aliphatic heterocycles. The number of nitrogens with one attached hydrogen (secondary N) is 1. The van der Waals surface area contributed by atoms with Crippen LogP contribution in [-0.2, 0) is 0 Å². The highest BCUT2D eigenvalue weighted by Crippen LogP contribution is 2.27. The lowest BCUT2D eigenvalue weighted by atomic mass is 10.1. The van der Waals surface area contributed by atoms with Crippen LogP contribution in [0, 0.1) is 20.8 Å². The molecule has 114 valence electrons. The van der Waals surface area contributed by atoms with Crippen molar-refractivity contribution in [2.24, 2.45) is 0 Å². The Morgan fingerprint density at radius 3 is 2.61 bits per heavy atom. The topological polar surface area (TPSA) is 50.7 Å². The third kappa shape index (κ3) is 1.99. The molecule has 0 bridgehead atoms. The van der Waals surface area contributed by atoms with Crippen LogP contribution in [0.3, 0.4) is 0 Å². The van der Waals surface area contributed by atoms with E-state index in [1.54, 1.807) is 0 Å². The van der Waals surface area contributed by atoms with Crippen LogP contribution in [0.4, 0.5) is 0 Å². The van der Waals surface area contributed by atoms with E-state index in [1.807, 2.05) is 35.9 Å². The van der Waals surface area contributed by atoms with E-state index in [9.17, 15) is 4.79 Å². The molecule has 4 heteroatoms. The summed E-state index contributed by atoms with van der Waals surface area (Å²) in [6.07, 6.45) is 0. The monoisotopic (exact) mass is 303 g/mol. The smallest absolute Gasteiger partial charge is 0.259 e. The highest BCUT2D eigenvalue weighted by atomic mass is 16.1. The number of H-pyrrole nitrogens is 1. The Balaban J connectivity index is 2.22. The van der Waals surface area contributed by atoms with Gasteiger partial charge in [-0.3, -0.25) is 4.79 Å². The van der Waals surface area contributed by atoms with E-state index in [0.29, 0.717) is 5.39 Å². The van der Waals surface area contributed by atoms with Gasteiger partial charge in [-0.2, -0.15) is 5.10 Å². The summed E-state index contributed by atoms with van der Waals surface area (Å²) in [6.45, 7) is 6.02. The molecule has 2 heterocycles. The minimum absolute atomic E-state index is 0.0905. The maximum absolute atomic E-state index is 12.5. The molecule has 0 spiro atoms. The van der Waals surface area contributed by atoms with Crippen LogP contribution >= 0.6 is 0 Å². The molecular formula is C19H17N3O. The summed E-state index contributed by atoms with van der Waals surface area (Å²) in [6, 6.07) is 14.1. The molecule has 23 heavy (non-hydrogen) atoms. The molecule has 2 aromatic carbocycles. The van der Waals surface area contributed by atoms with Crippen molar-refractivity contribution in [2.45, 2.75) is 20.8 Å². The molecule has 0 radical (unpaired) electrons. The first-order chi connectivity index (χ1) is 11.1. The summed E-state index contributed by atoms with van der Waals surface area (Å²) >= 11 is 0. The Morgan fingerprint density at radius 1 is 1.04 bits per heavy atom. The van der Waals surface area contributed by atoms with Gasteiger partial charge in [-0.15, -0.1) is 0 Å². The Labute approximate surface area is 133 Å². The van der Waals surface area contributed by atoms with Crippen LogP contribution < -0.4 is 5.56 Å². The Hall–Kier alpha value is -2.88. The zero-order valence-corrected chi connectivity index (χ0v) is 13.3. The Bertz CT molecular complexity index is 1120. The molecule has 4 nitrogen and oxygen atoms in total. The standard InChI is InChI=1S/C19H17N3O/c1-11-8-9-16(12(2)10-11)22-18-14-6-4-5-7-15(14)20-19(23)17(18)13(3)21-22/h4-10H,1-3H3,(H,20,23). The van der Waals surface area contributed by atoms with Gasteiger partial charge < -0.3 is 4.98 Å². The van der Waals surface area contributed by atoms with Gasteiger partial charge in [0.05, 0.1) is 27.8 Å². The number of fused-ring (bicyclic) bond motifs is 3. The summed E-state index contributed by atoms with van der Waals surface area (Å²) in [5.41, 5.74) is 5.70. The van der Waals surface area contributed by atoms with Gasteiger partial charge in [0.2, 0.25) is 0 Å². The second-order valence-corrected chi connectivity index (χ2v) is 6.01. The van der Waals surface area contributed by atoms with Crippen molar-refractivity contribution in [3.05, 3.63) is 69.6 Å². The maximum Gasteiger partial charge on any atom is 0.259 e. The number of aryl methyl sites for hydroxylation is 3. The van der Waals surface area contributed by atoms with Crippen LogP contribution in [0.1, 0.15) is 16.8 Å². The van der Waals surface area contributed by atoms with Gasteiger partial charge in [-0.1, -0.05) is 35.9 Å². The van der Waals surface area contributed by atoms with Crippen LogP contribution in [0.15, 0.2) is 47.3 Å². The number of aromatic amines is 1. The normalized spacial score (nSPS) is 11.4. The Morgan fingerprint density at radius 2 is 1.83 bits per heavy atom. The van der Waals surface area contributed by atoms with E-state index in [2.05, 4.69) is 42.1 Å². The fourth-order valence-electron chi connectivity index (χ4n) is 3.25. The van der Waals surface area contributed by atoms with Gasteiger partial charge in [0.15, 0.2) is 0 Å². The molecule has 0 saturated carbocycles. The molecule has 2 aromatic heterocycles. The summed E-state index contributed by atoms with van der Waals surface area (Å²) in [5, 5.41) is 6.32. The SMILES string of the molecule is Cc1ccc(-n2nc(C)c3c(=O)[nH]c4ccccc4c32)c(C)c1. The number of aromatic nitrogens is 3. The zero-order valence-electron chi connectivity index (χ0n) is 13.3. The van der Waals surface area contributed by atoms with Crippen LogP contribution in [0.25, 0.3) is 27.5 Å². The van der Waals surface area contributed by atoms with E-state index in [4.69, 9.17) is 0 Å². The quantitative estimate of drug-likeness (QED) is 0.581. The predicted molar refractivity (Wildman–Crippen MR) is 93.4 cm³/mol. The number of pyridine rings is 1. The molecule has 0 saturated heterocycles. The average Bonchev–Trinajstić information content (AvgIpc) is 2.86. The summed E-state index contributed by atoms with van der Waals surface area (Å²) < 4.78 is 1.90. The number of hydrogen-bond acceptors (Lipinski definition) is 2. The first kappa shape index (κ1) is 13.8. The molecule has 0 unspecified atom stereocenters. The summed E-state index contributed by atoms with van der Waals surface area (Å²) in [4.78, 5) is 15.4. The molecule has 0 fully saturated rings. The van der Waals surface area contributed by atoms with Crippen LogP contribution in [-0.4, -0.2) is 14.8 Å². The van der Waals surface area contributed by atoms with Crippen molar-refractivity contribution in [3.8, 4) is 5.69 Å². The first-order valence-corrected chi connectivity index (χ1v) is 7.64. The fourth-order valence-corrected chi connectivity index (χ4v) is 3.25. The lowest BCUT2D eigenvalue weighted by Gasteiger charge is -2.09. The number of nitrogens with zero attached hydrogens (tertiary/aromatic N) is 2. The molecular weight excluding hydrogens is 286 g/mol. The highest BCUT2D eigenvalue weighted by Gasteiger charge is 2.16. The van der Waals surface area contributed by atoms with Crippen molar-refractivity contribution in [3.63, 3.8) is 0 Å². The van der Waals surface area contributed by atoms with Gasteiger partial charge in [0.25, 0.3) is 5.56 Å². The van der Waals surface area contributed by atoms with E-state index in [1.165, 1.54) is 5.56 Å². The lowest BCUT2D eigenvalue weighted by molar-refractivity contribution is 0.883. The lowest BCUT2D eigenvalue weighted by Crippen LogP contribution is -2.07. The number of rotatable bonds is 1. The van der Waals surface area contributed by atoms with E-state index in [-0.39, 0.29) is 5.56 Å². The minimum Gasteiger partial charge on any atom is -0.321 e. The predicted octanol–water partition coefficient (Wildman–Crippen LogP) is 3.79. The van der Waals surface area contributed by atoms with Crippen molar-refractivity contribution in [2.75, 3.05) is 0 Å². The van der Waals surface area contributed by atoms with Crippen molar-refractivity contribution < 1.29 is 0 Å². The average molecular weight is 303 g/mol. The number of hydrogen-bond donors (Lipinski definition) is 1. The van der Waals surface area contributed by atoms with Crippen molar-refractivity contribution >= 4 is 21.8 Å². The first-order valence-electron chi connectivity index (χ1n) is 7.64. The third-order valence-corrected chi connectivity index (χ3v) is 4.30. The largest absolute Gasteiger partial charge is 0.321 e. The van der Waals surface area contributed by atoms with E-state index >= 15 is 0 Å².